The average Bonchev–Trinajstić information content (AvgIpc) is 3.54. The van der Waals surface area contributed by atoms with Crippen LogP contribution in [0.5, 0.6) is 11.5 Å². The molecule has 1 saturated heterocycles. The highest BCUT2D eigenvalue weighted by atomic mass is 16.5. The second-order valence-corrected chi connectivity index (χ2v) is 9.10. The largest absolute Gasteiger partial charge is 0.494 e. The minimum Gasteiger partial charge on any atom is -0.494 e. The van der Waals surface area contributed by atoms with Crippen molar-refractivity contribution in [3.05, 3.63) is 79.1 Å². The van der Waals surface area contributed by atoms with E-state index < -0.39 is 0 Å². The molecule has 0 spiro atoms. The predicted molar refractivity (Wildman–Crippen MR) is 140 cm³/mol. The third kappa shape index (κ3) is 4.32. The van der Waals surface area contributed by atoms with Gasteiger partial charge >= 0.3 is 0 Å². The first-order valence-corrected chi connectivity index (χ1v) is 12.3. The van der Waals surface area contributed by atoms with Gasteiger partial charge in [0.15, 0.2) is 5.75 Å². The number of hydrazine groups is 1. The highest BCUT2D eigenvalue weighted by Crippen LogP contribution is 2.39. The molecule has 1 fully saturated rings. The number of fused-ring (bicyclic) bond motifs is 2. The summed E-state index contributed by atoms with van der Waals surface area (Å²) in [7, 11) is 1.63. The van der Waals surface area contributed by atoms with Crippen LogP contribution in [0.25, 0.3) is 28.3 Å². The Morgan fingerprint density at radius 3 is 2.70 bits per heavy atom. The summed E-state index contributed by atoms with van der Waals surface area (Å²) >= 11 is 0. The van der Waals surface area contributed by atoms with Gasteiger partial charge in [0.25, 0.3) is 0 Å². The molecule has 1 atom stereocenters. The molecule has 9 nitrogen and oxygen atoms in total. The fraction of sp³-hybridized carbons (Fsp3) is 0.250. The van der Waals surface area contributed by atoms with Crippen molar-refractivity contribution in [1.29, 1.82) is 0 Å². The standard InChI is InChI=1S/C28H28N6O3/c1-3-25(35)32-11-13-33(14-12-32)31-23-18-37-24-15-20(9-10-22(23)24)26-27(19-7-5-4-6-8-19)34-17-21(36-2)16-29-28(34)30-26/h3-10,15-17,23,31H,1,11-14,18H2,2H3. The number of aromatic nitrogens is 3. The lowest BCUT2D eigenvalue weighted by molar-refractivity contribution is -0.128. The first kappa shape index (κ1) is 23.2. The molecule has 1 unspecified atom stereocenters. The van der Waals surface area contributed by atoms with Crippen molar-refractivity contribution in [2.45, 2.75) is 6.04 Å². The van der Waals surface area contributed by atoms with Gasteiger partial charge in [-0.2, -0.15) is 0 Å². The second kappa shape index (κ2) is 9.68. The zero-order chi connectivity index (χ0) is 25.4. The number of methoxy groups -OCH3 is 1. The summed E-state index contributed by atoms with van der Waals surface area (Å²) in [6.07, 6.45) is 4.96. The monoisotopic (exact) mass is 496 g/mol. The summed E-state index contributed by atoms with van der Waals surface area (Å²) in [4.78, 5) is 23.1. The molecule has 2 aromatic carbocycles. The summed E-state index contributed by atoms with van der Waals surface area (Å²) < 4.78 is 13.5. The van der Waals surface area contributed by atoms with Gasteiger partial charge in [0.1, 0.15) is 12.4 Å². The van der Waals surface area contributed by atoms with Gasteiger partial charge in [0.05, 0.1) is 36.9 Å². The molecule has 6 rings (SSSR count). The van der Waals surface area contributed by atoms with E-state index >= 15 is 0 Å². The van der Waals surface area contributed by atoms with Crippen LogP contribution in [-0.2, 0) is 4.79 Å². The number of nitrogens with one attached hydrogen (secondary N) is 1. The minimum absolute atomic E-state index is 0.0165. The molecular weight excluding hydrogens is 468 g/mol. The van der Waals surface area contributed by atoms with Crippen molar-refractivity contribution in [3.8, 4) is 34.0 Å². The van der Waals surface area contributed by atoms with Crippen molar-refractivity contribution in [1.82, 2.24) is 29.7 Å². The van der Waals surface area contributed by atoms with Gasteiger partial charge in [-0.3, -0.25) is 9.20 Å². The summed E-state index contributed by atoms with van der Waals surface area (Å²) in [6, 6.07) is 16.5. The fourth-order valence-corrected chi connectivity index (χ4v) is 4.96. The van der Waals surface area contributed by atoms with E-state index in [1.807, 2.05) is 33.7 Å². The average molecular weight is 497 g/mol. The van der Waals surface area contributed by atoms with E-state index in [1.165, 1.54) is 6.08 Å². The lowest BCUT2D eigenvalue weighted by Crippen LogP contribution is -2.54. The summed E-state index contributed by atoms with van der Waals surface area (Å²) in [5, 5.41) is 2.17. The smallest absolute Gasteiger partial charge is 0.246 e. The number of rotatable bonds is 6. The van der Waals surface area contributed by atoms with Gasteiger partial charge in [0.2, 0.25) is 11.7 Å². The van der Waals surface area contributed by atoms with Crippen molar-refractivity contribution < 1.29 is 14.3 Å². The second-order valence-electron chi connectivity index (χ2n) is 9.10. The lowest BCUT2D eigenvalue weighted by atomic mass is 10.0. The van der Waals surface area contributed by atoms with E-state index in [2.05, 4.69) is 52.3 Å². The number of piperazine rings is 1. The molecule has 37 heavy (non-hydrogen) atoms. The maximum absolute atomic E-state index is 11.9. The van der Waals surface area contributed by atoms with Gasteiger partial charge in [-0.15, -0.1) is 0 Å². The number of ether oxygens (including phenoxy) is 2. The van der Waals surface area contributed by atoms with E-state index in [0.717, 1.165) is 46.9 Å². The number of hydrogen-bond donors (Lipinski definition) is 1. The van der Waals surface area contributed by atoms with Crippen molar-refractivity contribution in [2.75, 3.05) is 39.9 Å². The van der Waals surface area contributed by atoms with Gasteiger partial charge in [-0.05, 0) is 12.1 Å². The molecule has 9 heteroatoms. The first-order valence-electron chi connectivity index (χ1n) is 12.3. The Balaban J connectivity index is 1.29. The quantitative estimate of drug-likeness (QED) is 0.410. The van der Waals surface area contributed by atoms with Gasteiger partial charge in [-0.1, -0.05) is 49.0 Å². The lowest BCUT2D eigenvalue weighted by Gasteiger charge is -2.35. The third-order valence-corrected chi connectivity index (χ3v) is 6.91. The molecule has 0 saturated carbocycles. The molecule has 0 radical (unpaired) electrons. The van der Waals surface area contributed by atoms with Crippen LogP contribution in [0.1, 0.15) is 11.6 Å². The van der Waals surface area contributed by atoms with Gasteiger partial charge in [-0.25, -0.2) is 20.4 Å². The van der Waals surface area contributed by atoms with E-state index in [-0.39, 0.29) is 11.9 Å². The van der Waals surface area contributed by atoms with E-state index in [1.54, 1.807) is 13.3 Å². The molecule has 1 N–H and O–H groups in total. The Bertz CT molecular complexity index is 1460. The number of imidazole rings is 1. The molecule has 188 valence electrons. The normalized spacial score (nSPS) is 17.4. The highest BCUT2D eigenvalue weighted by molar-refractivity contribution is 5.87. The predicted octanol–water partition coefficient (Wildman–Crippen LogP) is 3.34. The van der Waals surface area contributed by atoms with Crippen LogP contribution in [0.3, 0.4) is 0 Å². The molecule has 2 aromatic heterocycles. The van der Waals surface area contributed by atoms with Crippen LogP contribution < -0.4 is 14.9 Å². The van der Waals surface area contributed by atoms with E-state index in [9.17, 15) is 4.79 Å². The van der Waals surface area contributed by atoms with E-state index in [4.69, 9.17) is 14.5 Å². The molecular formula is C28H28N6O3. The van der Waals surface area contributed by atoms with Crippen molar-refractivity contribution >= 4 is 11.7 Å². The Kier molecular flexibility index (Phi) is 6.07. The van der Waals surface area contributed by atoms with Gasteiger partial charge < -0.3 is 14.4 Å². The molecule has 4 aromatic rings. The van der Waals surface area contributed by atoms with Crippen LogP contribution in [0.15, 0.2) is 73.6 Å². The van der Waals surface area contributed by atoms with E-state index in [0.29, 0.717) is 31.2 Å². The molecule has 1 amide bonds. The number of carbonyl (C=O) groups excluding carboxylic acids is 1. The molecule has 2 aliphatic heterocycles. The highest BCUT2D eigenvalue weighted by Gasteiger charge is 2.29. The zero-order valence-electron chi connectivity index (χ0n) is 20.6. The maximum Gasteiger partial charge on any atom is 0.246 e. The van der Waals surface area contributed by atoms with Gasteiger partial charge in [0, 0.05) is 42.9 Å². The van der Waals surface area contributed by atoms with Crippen molar-refractivity contribution in [2.24, 2.45) is 0 Å². The summed E-state index contributed by atoms with van der Waals surface area (Å²) in [5.74, 6) is 2.09. The number of hydrogen-bond acceptors (Lipinski definition) is 7. The number of benzene rings is 2. The molecule has 2 aliphatic rings. The topological polar surface area (TPSA) is 84.2 Å². The Morgan fingerprint density at radius 2 is 1.95 bits per heavy atom. The van der Waals surface area contributed by atoms with Crippen LogP contribution in [0.4, 0.5) is 0 Å². The first-order chi connectivity index (χ1) is 18.1. The molecule has 0 aliphatic carbocycles. The number of nitrogens with zero attached hydrogens (tertiary/aromatic N) is 5. The number of amides is 1. The number of carbonyl (C=O) groups is 1. The SMILES string of the molecule is C=CC(=O)N1CCN(NC2COc3cc(-c4nc5ncc(OC)cn5c4-c4ccccc4)ccc32)CC1. The zero-order valence-corrected chi connectivity index (χ0v) is 20.6. The Hall–Kier alpha value is -4.21. The van der Waals surface area contributed by atoms with Crippen LogP contribution in [-0.4, -0.2) is 70.1 Å². The Labute approximate surface area is 214 Å². The van der Waals surface area contributed by atoms with Crippen molar-refractivity contribution in [3.63, 3.8) is 0 Å². The minimum atomic E-state index is -0.0165. The van der Waals surface area contributed by atoms with Crippen LogP contribution in [0.2, 0.25) is 0 Å². The van der Waals surface area contributed by atoms with Crippen LogP contribution >= 0.6 is 0 Å². The fourth-order valence-electron chi connectivity index (χ4n) is 4.96. The molecule has 4 heterocycles. The molecule has 0 bridgehead atoms. The van der Waals surface area contributed by atoms with Crippen LogP contribution in [0, 0.1) is 0 Å². The maximum atomic E-state index is 11.9. The third-order valence-electron chi connectivity index (χ3n) is 6.91. The summed E-state index contributed by atoms with van der Waals surface area (Å²) in [5.41, 5.74) is 8.46. The summed E-state index contributed by atoms with van der Waals surface area (Å²) in [6.45, 7) is 6.97. The Morgan fingerprint density at radius 1 is 1.14 bits per heavy atom.